The number of piperidine rings is 1. The molecule has 2 aromatic rings. The second-order valence-electron chi connectivity index (χ2n) is 5.04. The summed E-state index contributed by atoms with van der Waals surface area (Å²) in [6.45, 7) is 2.80. The zero-order chi connectivity index (χ0) is 13.1. The summed E-state index contributed by atoms with van der Waals surface area (Å²) in [6, 6.07) is 2.02. The van der Waals surface area contributed by atoms with Crippen molar-refractivity contribution < 1.29 is 0 Å². The summed E-state index contributed by atoms with van der Waals surface area (Å²) in [6.07, 6.45) is 9.91. The van der Waals surface area contributed by atoms with Gasteiger partial charge < -0.3 is 15.6 Å². The molecule has 0 amide bonds. The van der Waals surface area contributed by atoms with Crippen LogP contribution in [-0.4, -0.2) is 34.6 Å². The molecule has 3 N–H and O–H groups in total. The monoisotopic (exact) mass is 257 g/mol. The lowest BCUT2D eigenvalue weighted by Gasteiger charge is -2.31. The average Bonchev–Trinajstić information content (AvgIpc) is 3.02. The van der Waals surface area contributed by atoms with Crippen LogP contribution in [-0.2, 0) is 0 Å². The number of aromatic amines is 1. The highest BCUT2D eigenvalue weighted by Gasteiger charge is 2.19. The highest BCUT2D eigenvalue weighted by atomic mass is 15.2. The van der Waals surface area contributed by atoms with Crippen molar-refractivity contribution in [3.05, 3.63) is 30.9 Å². The van der Waals surface area contributed by atoms with Gasteiger partial charge in [0.15, 0.2) is 0 Å². The van der Waals surface area contributed by atoms with Crippen LogP contribution in [0, 0.1) is 5.92 Å². The van der Waals surface area contributed by atoms with Crippen LogP contribution < -0.4 is 10.6 Å². The molecule has 0 unspecified atom stereocenters. The predicted molar refractivity (Wildman–Crippen MR) is 75.8 cm³/mol. The number of hydrogen-bond donors (Lipinski definition) is 2. The van der Waals surface area contributed by atoms with Gasteiger partial charge in [-0.15, -0.1) is 0 Å². The molecular weight excluding hydrogens is 238 g/mol. The van der Waals surface area contributed by atoms with E-state index < -0.39 is 0 Å². The lowest BCUT2D eigenvalue weighted by Crippen LogP contribution is -2.37. The van der Waals surface area contributed by atoms with Crippen LogP contribution in [0.1, 0.15) is 12.8 Å². The third kappa shape index (κ3) is 2.61. The fraction of sp³-hybridized carbons (Fsp3) is 0.429. The van der Waals surface area contributed by atoms with Gasteiger partial charge in [-0.2, -0.15) is 0 Å². The van der Waals surface area contributed by atoms with Crippen molar-refractivity contribution in [3.63, 3.8) is 0 Å². The fourth-order valence-corrected chi connectivity index (χ4v) is 2.51. The molecular formula is C14H19N5. The molecule has 5 heteroatoms. The van der Waals surface area contributed by atoms with Crippen molar-refractivity contribution in [1.29, 1.82) is 0 Å². The molecule has 0 atom stereocenters. The zero-order valence-electron chi connectivity index (χ0n) is 10.9. The minimum Gasteiger partial charge on any atom is -0.367 e. The average molecular weight is 257 g/mol. The number of hydrogen-bond acceptors (Lipinski definition) is 4. The summed E-state index contributed by atoms with van der Waals surface area (Å²) in [7, 11) is 0. The Hall–Kier alpha value is -1.88. The molecule has 0 aromatic carbocycles. The van der Waals surface area contributed by atoms with Crippen LogP contribution in [0.25, 0.3) is 11.1 Å². The quantitative estimate of drug-likeness (QED) is 0.877. The van der Waals surface area contributed by atoms with Gasteiger partial charge in [0.05, 0.1) is 0 Å². The smallest absolute Gasteiger partial charge is 0.225 e. The topological polar surface area (TPSA) is 70.8 Å². The van der Waals surface area contributed by atoms with Crippen molar-refractivity contribution in [2.45, 2.75) is 12.8 Å². The largest absolute Gasteiger partial charge is 0.367 e. The van der Waals surface area contributed by atoms with E-state index in [4.69, 9.17) is 5.73 Å². The third-order valence-corrected chi connectivity index (χ3v) is 3.80. The fourth-order valence-electron chi connectivity index (χ4n) is 2.51. The molecule has 1 aliphatic rings. The summed E-state index contributed by atoms with van der Waals surface area (Å²) in [5, 5.41) is 0. The molecule has 0 spiro atoms. The highest BCUT2D eigenvalue weighted by Crippen LogP contribution is 2.21. The van der Waals surface area contributed by atoms with E-state index in [9.17, 15) is 0 Å². The van der Waals surface area contributed by atoms with Crippen molar-refractivity contribution in [1.82, 2.24) is 15.0 Å². The zero-order valence-corrected chi connectivity index (χ0v) is 10.9. The molecule has 2 aromatic heterocycles. The highest BCUT2D eigenvalue weighted by molar-refractivity contribution is 5.61. The van der Waals surface area contributed by atoms with Crippen LogP contribution in [0.15, 0.2) is 30.9 Å². The molecule has 0 bridgehead atoms. The van der Waals surface area contributed by atoms with Crippen LogP contribution >= 0.6 is 0 Å². The van der Waals surface area contributed by atoms with E-state index >= 15 is 0 Å². The summed E-state index contributed by atoms with van der Waals surface area (Å²) in [4.78, 5) is 14.2. The number of nitrogens with two attached hydrogens (primary N) is 1. The van der Waals surface area contributed by atoms with Gasteiger partial charge in [-0.05, 0) is 31.4 Å². The van der Waals surface area contributed by atoms with Gasteiger partial charge in [0.25, 0.3) is 0 Å². The van der Waals surface area contributed by atoms with E-state index in [1.165, 1.54) is 0 Å². The number of aromatic nitrogens is 3. The summed E-state index contributed by atoms with van der Waals surface area (Å²) >= 11 is 0. The van der Waals surface area contributed by atoms with Crippen molar-refractivity contribution in [2.75, 3.05) is 24.5 Å². The summed E-state index contributed by atoms with van der Waals surface area (Å²) in [5.41, 5.74) is 7.87. The van der Waals surface area contributed by atoms with Gasteiger partial charge in [0, 0.05) is 49.0 Å². The van der Waals surface area contributed by atoms with Crippen molar-refractivity contribution in [3.8, 4) is 11.1 Å². The Balaban J connectivity index is 1.70. The standard InChI is InChI=1S/C14H19N5/c15-7-11-2-5-19(6-3-11)14-17-9-13(10-18-14)12-1-4-16-8-12/h1,4,8-11,16H,2-3,5-7,15H2. The Labute approximate surface area is 112 Å². The van der Waals surface area contributed by atoms with Crippen LogP contribution in [0.3, 0.4) is 0 Å². The van der Waals surface area contributed by atoms with Gasteiger partial charge in [0.2, 0.25) is 5.95 Å². The van der Waals surface area contributed by atoms with Crippen LogP contribution in [0.5, 0.6) is 0 Å². The van der Waals surface area contributed by atoms with Gasteiger partial charge in [-0.3, -0.25) is 0 Å². The van der Waals surface area contributed by atoms with Crippen molar-refractivity contribution in [2.24, 2.45) is 11.7 Å². The third-order valence-electron chi connectivity index (χ3n) is 3.80. The summed E-state index contributed by atoms with van der Waals surface area (Å²) < 4.78 is 0. The molecule has 5 nitrogen and oxygen atoms in total. The SMILES string of the molecule is NCC1CCN(c2ncc(-c3cc[nH]c3)cn2)CC1. The Bertz CT molecular complexity index is 497. The maximum absolute atomic E-state index is 5.71. The number of H-pyrrole nitrogens is 1. The maximum atomic E-state index is 5.71. The van der Waals surface area contributed by atoms with E-state index in [1.807, 2.05) is 30.9 Å². The molecule has 100 valence electrons. The van der Waals surface area contributed by atoms with Gasteiger partial charge in [-0.1, -0.05) is 0 Å². The van der Waals surface area contributed by atoms with Crippen LogP contribution in [0.2, 0.25) is 0 Å². The maximum Gasteiger partial charge on any atom is 0.225 e. The molecule has 3 rings (SSSR count). The van der Waals surface area contributed by atoms with Gasteiger partial charge in [-0.25, -0.2) is 9.97 Å². The summed E-state index contributed by atoms with van der Waals surface area (Å²) in [5.74, 6) is 1.49. The number of nitrogens with zero attached hydrogens (tertiary/aromatic N) is 3. The molecule has 0 saturated carbocycles. The lowest BCUT2D eigenvalue weighted by molar-refractivity contribution is 0.411. The Morgan fingerprint density at radius 3 is 2.53 bits per heavy atom. The van der Waals surface area contributed by atoms with Gasteiger partial charge >= 0.3 is 0 Å². The minimum atomic E-state index is 0.662. The molecule has 1 fully saturated rings. The molecule has 1 aliphatic heterocycles. The normalized spacial score (nSPS) is 16.8. The van der Waals surface area contributed by atoms with Crippen LogP contribution in [0.4, 0.5) is 5.95 Å². The van der Waals surface area contributed by atoms with E-state index in [-0.39, 0.29) is 0 Å². The van der Waals surface area contributed by atoms with E-state index in [0.717, 1.165) is 49.6 Å². The molecule has 3 heterocycles. The number of rotatable bonds is 3. The van der Waals surface area contributed by atoms with E-state index in [0.29, 0.717) is 5.92 Å². The molecule has 0 radical (unpaired) electrons. The van der Waals surface area contributed by atoms with Gasteiger partial charge in [0.1, 0.15) is 0 Å². The second-order valence-corrected chi connectivity index (χ2v) is 5.04. The van der Waals surface area contributed by atoms with E-state index in [2.05, 4.69) is 19.9 Å². The first kappa shape index (κ1) is 12.2. The first-order valence-electron chi connectivity index (χ1n) is 6.77. The Morgan fingerprint density at radius 2 is 1.95 bits per heavy atom. The first-order valence-corrected chi connectivity index (χ1v) is 6.77. The molecule has 0 aliphatic carbocycles. The second kappa shape index (κ2) is 5.40. The van der Waals surface area contributed by atoms with Crippen molar-refractivity contribution >= 4 is 5.95 Å². The predicted octanol–water partition coefficient (Wildman–Crippen LogP) is 1.65. The minimum absolute atomic E-state index is 0.662. The lowest BCUT2D eigenvalue weighted by atomic mass is 9.97. The molecule has 1 saturated heterocycles. The molecule has 19 heavy (non-hydrogen) atoms. The Kier molecular flexibility index (Phi) is 3.46. The Morgan fingerprint density at radius 1 is 1.21 bits per heavy atom. The number of nitrogens with one attached hydrogen (secondary N) is 1. The number of anilines is 1. The first-order chi connectivity index (χ1) is 9.36. The van der Waals surface area contributed by atoms with E-state index in [1.54, 1.807) is 0 Å².